The van der Waals surface area contributed by atoms with Crippen LogP contribution in [0.25, 0.3) is 0 Å². The van der Waals surface area contributed by atoms with Gasteiger partial charge in [-0.3, -0.25) is 0 Å². The molecule has 1 aliphatic rings. The highest BCUT2D eigenvalue weighted by Gasteiger charge is 2.42. The summed E-state index contributed by atoms with van der Waals surface area (Å²) in [6.45, 7) is 4.69. The first-order chi connectivity index (χ1) is 10.6. The molecule has 3 heteroatoms. The molecule has 3 N–H and O–H groups in total. The van der Waals surface area contributed by atoms with E-state index in [1.165, 1.54) is 11.1 Å². The second-order valence-corrected chi connectivity index (χ2v) is 6.83. The number of aryl methyl sites for hydroxylation is 1. The quantitative estimate of drug-likeness (QED) is 0.906. The van der Waals surface area contributed by atoms with Crippen LogP contribution in [0.4, 0.5) is 0 Å². The first-order valence-corrected chi connectivity index (χ1v) is 8.23. The Kier molecular flexibility index (Phi) is 4.53. The Morgan fingerprint density at radius 1 is 1.23 bits per heavy atom. The van der Waals surface area contributed by atoms with Crippen molar-refractivity contribution >= 4 is 11.6 Å². The Balaban J connectivity index is 1.93. The van der Waals surface area contributed by atoms with E-state index in [1.807, 2.05) is 6.07 Å². The van der Waals surface area contributed by atoms with E-state index < -0.39 is 0 Å². The highest BCUT2D eigenvalue weighted by Crippen LogP contribution is 2.41. The Morgan fingerprint density at radius 2 is 2.00 bits per heavy atom. The summed E-state index contributed by atoms with van der Waals surface area (Å²) in [4.78, 5) is 0. The summed E-state index contributed by atoms with van der Waals surface area (Å²) in [5.41, 5.74) is 10.1. The van der Waals surface area contributed by atoms with E-state index in [4.69, 9.17) is 17.3 Å². The largest absolute Gasteiger partial charge is 0.330 e. The number of halogens is 1. The average Bonchev–Trinajstić information content (AvgIpc) is 2.95. The minimum absolute atomic E-state index is 0.0711. The van der Waals surface area contributed by atoms with Crippen LogP contribution in [0.2, 0.25) is 5.02 Å². The topological polar surface area (TPSA) is 38.0 Å². The maximum Gasteiger partial charge on any atom is 0.0435 e. The molecule has 0 amide bonds. The van der Waals surface area contributed by atoms with E-state index in [0.717, 1.165) is 30.1 Å². The highest BCUT2D eigenvalue weighted by atomic mass is 35.5. The molecule has 116 valence electrons. The number of nitrogens with one attached hydrogen (secondary N) is 1. The minimum Gasteiger partial charge on any atom is -0.330 e. The third-order valence-electron chi connectivity index (χ3n) is 4.95. The monoisotopic (exact) mass is 314 g/mol. The van der Waals surface area contributed by atoms with Crippen LogP contribution in [0, 0.1) is 12.3 Å². The van der Waals surface area contributed by atoms with Crippen LogP contribution in [-0.4, -0.2) is 19.6 Å². The summed E-state index contributed by atoms with van der Waals surface area (Å²) in [5, 5.41) is 4.38. The molecule has 1 aliphatic heterocycles. The first-order valence-electron chi connectivity index (χ1n) is 7.85. The molecule has 0 radical (unpaired) electrons. The van der Waals surface area contributed by atoms with Crippen LogP contribution in [0.15, 0.2) is 48.5 Å². The minimum atomic E-state index is 0.0711. The third-order valence-corrected chi connectivity index (χ3v) is 5.38. The SMILES string of the molecule is Cc1cc([C@@H]2CNC[C@]2(CN)Cc2ccccc2)ccc1Cl. The van der Waals surface area contributed by atoms with Gasteiger partial charge in [0.05, 0.1) is 0 Å². The summed E-state index contributed by atoms with van der Waals surface area (Å²) in [6.07, 6.45) is 1.00. The molecule has 0 spiro atoms. The van der Waals surface area contributed by atoms with Gasteiger partial charge in [0.25, 0.3) is 0 Å². The summed E-state index contributed by atoms with van der Waals surface area (Å²) in [6, 6.07) is 17.0. The van der Waals surface area contributed by atoms with Crippen molar-refractivity contribution < 1.29 is 0 Å². The molecule has 0 saturated carbocycles. The van der Waals surface area contributed by atoms with Crippen molar-refractivity contribution in [3.63, 3.8) is 0 Å². The molecule has 1 saturated heterocycles. The van der Waals surface area contributed by atoms with Crippen LogP contribution < -0.4 is 11.1 Å². The summed E-state index contributed by atoms with van der Waals surface area (Å²) in [5.74, 6) is 0.425. The molecule has 1 heterocycles. The predicted octanol–water partition coefficient (Wildman–Crippen LogP) is 3.52. The fourth-order valence-corrected chi connectivity index (χ4v) is 3.75. The molecule has 0 bridgehead atoms. The Bertz CT molecular complexity index is 641. The predicted molar refractivity (Wildman–Crippen MR) is 93.4 cm³/mol. The van der Waals surface area contributed by atoms with Gasteiger partial charge in [-0.1, -0.05) is 54.1 Å². The van der Waals surface area contributed by atoms with Gasteiger partial charge in [0.1, 0.15) is 0 Å². The molecule has 22 heavy (non-hydrogen) atoms. The van der Waals surface area contributed by atoms with E-state index >= 15 is 0 Å². The van der Waals surface area contributed by atoms with E-state index in [-0.39, 0.29) is 5.41 Å². The fourth-order valence-electron chi connectivity index (χ4n) is 3.64. The first kappa shape index (κ1) is 15.5. The highest BCUT2D eigenvalue weighted by molar-refractivity contribution is 6.31. The molecule has 2 aromatic rings. The molecule has 0 aromatic heterocycles. The van der Waals surface area contributed by atoms with Gasteiger partial charge < -0.3 is 11.1 Å². The van der Waals surface area contributed by atoms with E-state index in [0.29, 0.717) is 12.5 Å². The molecule has 0 unspecified atom stereocenters. The second-order valence-electron chi connectivity index (χ2n) is 6.42. The van der Waals surface area contributed by atoms with Crippen molar-refractivity contribution in [1.82, 2.24) is 5.32 Å². The van der Waals surface area contributed by atoms with E-state index in [9.17, 15) is 0 Å². The molecule has 2 nitrogen and oxygen atoms in total. The zero-order chi connectivity index (χ0) is 15.6. The normalized spacial score (nSPS) is 24.6. The standard InChI is InChI=1S/C19H23ClN2/c1-14-9-16(7-8-18(14)20)17-11-22-13-19(17,12-21)10-15-5-3-2-4-6-15/h2-9,17,22H,10-13,21H2,1H3/t17-,19+/m0/s1. The van der Waals surface area contributed by atoms with Gasteiger partial charge in [0.2, 0.25) is 0 Å². The van der Waals surface area contributed by atoms with Gasteiger partial charge in [-0.15, -0.1) is 0 Å². The average molecular weight is 315 g/mol. The van der Waals surface area contributed by atoms with Crippen molar-refractivity contribution in [2.45, 2.75) is 19.3 Å². The van der Waals surface area contributed by atoms with Crippen LogP contribution in [0.5, 0.6) is 0 Å². The summed E-state index contributed by atoms with van der Waals surface area (Å²) in [7, 11) is 0. The summed E-state index contributed by atoms with van der Waals surface area (Å²) >= 11 is 6.18. The molecule has 3 rings (SSSR count). The van der Waals surface area contributed by atoms with Gasteiger partial charge >= 0.3 is 0 Å². The zero-order valence-corrected chi connectivity index (χ0v) is 13.7. The zero-order valence-electron chi connectivity index (χ0n) is 13.0. The molecule has 1 fully saturated rings. The lowest BCUT2D eigenvalue weighted by Gasteiger charge is -2.34. The molecular formula is C19H23ClN2. The maximum absolute atomic E-state index is 6.25. The van der Waals surface area contributed by atoms with Crippen molar-refractivity contribution in [3.05, 3.63) is 70.2 Å². The van der Waals surface area contributed by atoms with Gasteiger partial charge in [0, 0.05) is 36.0 Å². The lowest BCUT2D eigenvalue weighted by Crippen LogP contribution is -2.39. The van der Waals surface area contributed by atoms with Crippen molar-refractivity contribution in [3.8, 4) is 0 Å². The van der Waals surface area contributed by atoms with Gasteiger partial charge in [0.15, 0.2) is 0 Å². The Morgan fingerprint density at radius 3 is 2.68 bits per heavy atom. The number of nitrogens with two attached hydrogens (primary N) is 1. The number of rotatable bonds is 4. The van der Waals surface area contributed by atoms with Crippen LogP contribution in [-0.2, 0) is 6.42 Å². The smallest absolute Gasteiger partial charge is 0.0435 e. The molecule has 2 aromatic carbocycles. The number of hydrogen-bond donors (Lipinski definition) is 2. The summed E-state index contributed by atoms with van der Waals surface area (Å²) < 4.78 is 0. The lowest BCUT2D eigenvalue weighted by molar-refractivity contribution is 0.293. The van der Waals surface area contributed by atoms with E-state index in [1.54, 1.807) is 0 Å². The van der Waals surface area contributed by atoms with Gasteiger partial charge in [-0.2, -0.15) is 0 Å². The van der Waals surface area contributed by atoms with Gasteiger partial charge in [-0.25, -0.2) is 0 Å². The van der Waals surface area contributed by atoms with Crippen molar-refractivity contribution in [2.24, 2.45) is 11.1 Å². The number of hydrogen-bond acceptors (Lipinski definition) is 2. The third kappa shape index (κ3) is 2.91. The Labute approximate surface area is 137 Å². The lowest BCUT2D eigenvalue weighted by atomic mass is 9.70. The second kappa shape index (κ2) is 6.41. The molecule has 0 aliphatic carbocycles. The van der Waals surface area contributed by atoms with Crippen molar-refractivity contribution in [1.29, 1.82) is 0 Å². The van der Waals surface area contributed by atoms with Crippen LogP contribution in [0.3, 0.4) is 0 Å². The van der Waals surface area contributed by atoms with Crippen LogP contribution in [0.1, 0.15) is 22.6 Å². The fraction of sp³-hybridized carbons (Fsp3) is 0.368. The number of benzene rings is 2. The van der Waals surface area contributed by atoms with Crippen molar-refractivity contribution in [2.75, 3.05) is 19.6 Å². The Hall–Kier alpha value is -1.35. The molecule has 2 atom stereocenters. The van der Waals surface area contributed by atoms with Gasteiger partial charge in [-0.05, 0) is 36.1 Å². The molecular weight excluding hydrogens is 292 g/mol. The maximum atomic E-state index is 6.25. The van der Waals surface area contributed by atoms with E-state index in [2.05, 4.69) is 54.7 Å². The van der Waals surface area contributed by atoms with Crippen LogP contribution >= 0.6 is 11.6 Å².